The van der Waals surface area contributed by atoms with E-state index < -0.39 is 11.7 Å². The number of nitrogens with one attached hydrogen (secondary N) is 2. The Morgan fingerprint density at radius 1 is 1.28 bits per heavy atom. The maximum absolute atomic E-state index is 12.2. The van der Waals surface area contributed by atoms with Crippen molar-refractivity contribution in [1.29, 1.82) is 0 Å². The Morgan fingerprint density at radius 2 is 2.09 bits per heavy atom. The molecule has 0 bridgehead atoms. The zero-order valence-electron chi connectivity index (χ0n) is 19.1. The number of hydrogen-bond donors (Lipinski definition) is 3. The van der Waals surface area contributed by atoms with Gasteiger partial charge in [0.25, 0.3) is 0 Å². The lowest BCUT2D eigenvalue weighted by Gasteiger charge is -2.40. The number of alkyl carbamates (subject to hydrolysis) is 1. The minimum Gasteiger partial charge on any atom is -0.450 e. The number of halogens is 1. The molecular weight excluding hydrogens is 424 g/mol. The molecule has 1 heterocycles. The number of piperidine rings is 1. The smallest absolute Gasteiger partial charge is 0.407 e. The lowest BCUT2D eigenvalue weighted by atomic mass is 9.72. The molecule has 0 aromatic heterocycles. The van der Waals surface area contributed by atoms with Gasteiger partial charge in [-0.2, -0.15) is 0 Å². The average molecular weight is 459 g/mol. The molecule has 2 aromatic carbocycles. The topological polar surface area (TPSA) is 70.6 Å². The molecule has 0 saturated carbocycles. The van der Waals surface area contributed by atoms with Gasteiger partial charge < -0.3 is 20.5 Å². The molecule has 1 saturated heterocycles. The number of aryl methyl sites for hydroxylation is 1. The van der Waals surface area contributed by atoms with Gasteiger partial charge in [-0.15, -0.1) is 0 Å². The highest BCUT2D eigenvalue weighted by molar-refractivity contribution is 6.33. The molecule has 5 nitrogen and oxygen atoms in total. The summed E-state index contributed by atoms with van der Waals surface area (Å²) in [6, 6.07) is 14.2. The molecule has 0 radical (unpaired) electrons. The van der Waals surface area contributed by atoms with Crippen LogP contribution in [0.2, 0.25) is 5.02 Å². The fraction of sp³-hybridized carbons (Fsp3) is 0.500. The Labute approximate surface area is 196 Å². The number of aliphatic hydroxyl groups is 1. The van der Waals surface area contributed by atoms with Crippen molar-refractivity contribution >= 4 is 17.7 Å². The predicted octanol–water partition coefficient (Wildman–Crippen LogP) is 5.28. The largest absolute Gasteiger partial charge is 0.450 e. The molecule has 0 aliphatic carbocycles. The fourth-order valence-electron chi connectivity index (χ4n) is 4.67. The van der Waals surface area contributed by atoms with E-state index >= 15 is 0 Å². The van der Waals surface area contributed by atoms with Crippen molar-refractivity contribution in [3.63, 3.8) is 0 Å². The molecule has 1 amide bonds. The molecule has 0 unspecified atom stereocenters. The molecule has 2 aromatic rings. The molecule has 1 aliphatic rings. The second-order valence-electron chi connectivity index (χ2n) is 8.43. The Morgan fingerprint density at radius 3 is 2.81 bits per heavy atom. The first-order chi connectivity index (χ1) is 15.5. The van der Waals surface area contributed by atoms with E-state index in [0.717, 1.165) is 49.0 Å². The van der Waals surface area contributed by atoms with Crippen LogP contribution in [0.4, 0.5) is 4.79 Å². The molecule has 6 heteroatoms. The summed E-state index contributed by atoms with van der Waals surface area (Å²) in [5, 5.41) is 19.1. The first-order valence-electron chi connectivity index (χ1n) is 11.7. The molecule has 3 N–H and O–H groups in total. The molecule has 0 spiro atoms. The Kier molecular flexibility index (Phi) is 8.97. The van der Waals surface area contributed by atoms with E-state index in [0.29, 0.717) is 31.0 Å². The van der Waals surface area contributed by atoms with Crippen LogP contribution in [0.5, 0.6) is 0 Å². The van der Waals surface area contributed by atoms with Gasteiger partial charge in [0, 0.05) is 29.6 Å². The lowest BCUT2D eigenvalue weighted by molar-refractivity contribution is -0.0416. The third kappa shape index (κ3) is 5.83. The number of amides is 1. The maximum Gasteiger partial charge on any atom is 0.407 e. The van der Waals surface area contributed by atoms with Gasteiger partial charge in [-0.05, 0) is 68.3 Å². The van der Waals surface area contributed by atoms with Gasteiger partial charge in [0.2, 0.25) is 0 Å². The summed E-state index contributed by atoms with van der Waals surface area (Å²) < 4.78 is 4.95. The van der Waals surface area contributed by atoms with E-state index in [1.807, 2.05) is 24.3 Å². The number of benzene rings is 2. The fourth-order valence-corrected chi connectivity index (χ4v) is 4.96. The van der Waals surface area contributed by atoms with E-state index in [4.69, 9.17) is 16.3 Å². The van der Waals surface area contributed by atoms with Crippen LogP contribution in [-0.4, -0.2) is 37.4 Å². The molecule has 1 aliphatic heterocycles. The second kappa shape index (κ2) is 11.7. The first kappa shape index (κ1) is 24.6. The molecular formula is C26H35ClN2O3. The summed E-state index contributed by atoms with van der Waals surface area (Å²) in [5.74, 6) is 0.0606. The number of ether oxygens (including phenoxy) is 1. The number of rotatable bonds is 9. The van der Waals surface area contributed by atoms with E-state index in [2.05, 4.69) is 35.8 Å². The SMILES string of the molecule is CCOC(=O)NCCC[C@@](O)(c1cccc(Cl)c1-c1cccc(CC)c1)[C@@H]1CCCNC1. The number of carbonyl (C=O) groups excluding carboxylic acids is 1. The van der Waals surface area contributed by atoms with Gasteiger partial charge in [0.1, 0.15) is 0 Å². The molecule has 2 atom stereocenters. The number of carbonyl (C=O) groups is 1. The van der Waals surface area contributed by atoms with E-state index in [1.54, 1.807) is 6.92 Å². The van der Waals surface area contributed by atoms with Gasteiger partial charge in [0.15, 0.2) is 0 Å². The first-order valence-corrected chi connectivity index (χ1v) is 12.1. The molecule has 32 heavy (non-hydrogen) atoms. The van der Waals surface area contributed by atoms with Crippen molar-refractivity contribution in [2.45, 2.75) is 51.6 Å². The van der Waals surface area contributed by atoms with Crippen LogP contribution < -0.4 is 10.6 Å². The third-order valence-electron chi connectivity index (χ3n) is 6.36. The molecule has 3 rings (SSSR count). The van der Waals surface area contributed by atoms with Crippen molar-refractivity contribution in [1.82, 2.24) is 10.6 Å². The predicted molar refractivity (Wildman–Crippen MR) is 130 cm³/mol. The highest BCUT2D eigenvalue weighted by Crippen LogP contribution is 2.44. The van der Waals surface area contributed by atoms with Crippen LogP contribution >= 0.6 is 11.6 Å². The Balaban J connectivity index is 1.95. The van der Waals surface area contributed by atoms with Crippen molar-refractivity contribution in [3.05, 3.63) is 58.6 Å². The number of hydrogen-bond acceptors (Lipinski definition) is 4. The van der Waals surface area contributed by atoms with Crippen molar-refractivity contribution < 1.29 is 14.6 Å². The minimum absolute atomic E-state index is 0.0606. The summed E-state index contributed by atoms with van der Waals surface area (Å²) in [7, 11) is 0. The minimum atomic E-state index is -1.06. The summed E-state index contributed by atoms with van der Waals surface area (Å²) >= 11 is 6.74. The normalized spacial score (nSPS) is 18.1. The molecule has 1 fully saturated rings. The van der Waals surface area contributed by atoms with Gasteiger partial charge >= 0.3 is 6.09 Å². The van der Waals surface area contributed by atoms with Gasteiger partial charge in [-0.1, -0.05) is 54.9 Å². The summed E-state index contributed by atoms with van der Waals surface area (Å²) in [4.78, 5) is 11.7. The Bertz CT molecular complexity index is 898. The average Bonchev–Trinajstić information content (AvgIpc) is 2.82. The standard InChI is InChI=1S/C26H35ClN2O3/c1-3-19-9-5-10-20(17-19)24-22(12-6-13-23(24)27)26(31,21-11-7-15-28-18-21)14-8-16-29-25(30)32-4-2/h5-6,9-10,12-13,17,21,28,31H,3-4,7-8,11,14-16,18H2,1-2H3,(H,29,30)/t21-,26+/m1/s1. The van der Waals surface area contributed by atoms with Crippen LogP contribution in [0.3, 0.4) is 0 Å². The summed E-state index contributed by atoms with van der Waals surface area (Å²) in [6.45, 7) is 6.42. The quantitative estimate of drug-likeness (QED) is 0.447. The van der Waals surface area contributed by atoms with Crippen molar-refractivity contribution in [3.8, 4) is 11.1 Å². The third-order valence-corrected chi connectivity index (χ3v) is 6.67. The van der Waals surface area contributed by atoms with Crippen molar-refractivity contribution in [2.75, 3.05) is 26.2 Å². The van der Waals surface area contributed by atoms with Crippen molar-refractivity contribution in [2.24, 2.45) is 5.92 Å². The van der Waals surface area contributed by atoms with E-state index in [9.17, 15) is 9.90 Å². The lowest BCUT2D eigenvalue weighted by Crippen LogP contribution is -2.45. The van der Waals surface area contributed by atoms with Gasteiger partial charge in [-0.25, -0.2) is 4.79 Å². The van der Waals surface area contributed by atoms with E-state index in [-0.39, 0.29) is 5.92 Å². The Hall–Kier alpha value is -2.08. The molecule has 174 valence electrons. The summed E-state index contributed by atoms with van der Waals surface area (Å²) in [5.41, 5.74) is 2.96. The second-order valence-corrected chi connectivity index (χ2v) is 8.84. The van der Waals surface area contributed by atoms with Gasteiger partial charge in [-0.3, -0.25) is 0 Å². The highest BCUT2D eigenvalue weighted by atomic mass is 35.5. The van der Waals surface area contributed by atoms with E-state index in [1.165, 1.54) is 5.56 Å². The highest BCUT2D eigenvalue weighted by Gasteiger charge is 2.40. The maximum atomic E-state index is 12.2. The zero-order chi connectivity index (χ0) is 23.0. The van der Waals surface area contributed by atoms with Crippen LogP contribution in [0.15, 0.2) is 42.5 Å². The summed E-state index contributed by atoms with van der Waals surface area (Å²) in [6.07, 6.45) is 3.63. The zero-order valence-corrected chi connectivity index (χ0v) is 19.9. The van der Waals surface area contributed by atoms with Crippen LogP contribution in [0, 0.1) is 5.92 Å². The van der Waals surface area contributed by atoms with Crippen LogP contribution in [0.1, 0.15) is 50.7 Å². The monoisotopic (exact) mass is 458 g/mol. The van der Waals surface area contributed by atoms with Gasteiger partial charge in [0.05, 0.1) is 12.2 Å². The van der Waals surface area contributed by atoms with Crippen LogP contribution in [-0.2, 0) is 16.8 Å². The van der Waals surface area contributed by atoms with Crippen LogP contribution in [0.25, 0.3) is 11.1 Å².